The second-order valence-corrected chi connectivity index (χ2v) is 7.04. The van der Waals surface area contributed by atoms with Gasteiger partial charge in [-0.3, -0.25) is 4.98 Å². The number of nitrogens with two attached hydrogens (primary N) is 1. The van der Waals surface area contributed by atoms with Gasteiger partial charge >= 0.3 is 0 Å². The number of nitrogens with one attached hydrogen (secondary N) is 1. The van der Waals surface area contributed by atoms with E-state index in [0.29, 0.717) is 37.3 Å². The molecule has 1 aliphatic heterocycles. The van der Waals surface area contributed by atoms with Crippen molar-refractivity contribution in [3.8, 4) is 5.75 Å². The molecule has 0 spiro atoms. The number of morpholine rings is 1. The lowest BCUT2D eigenvalue weighted by Crippen LogP contribution is -2.37. The van der Waals surface area contributed by atoms with E-state index in [4.69, 9.17) is 25.2 Å². The van der Waals surface area contributed by atoms with Crippen LogP contribution >= 0.6 is 0 Å². The van der Waals surface area contributed by atoms with Crippen molar-refractivity contribution in [2.75, 3.05) is 50.2 Å². The van der Waals surface area contributed by atoms with E-state index in [2.05, 4.69) is 27.3 Å². The lowest BCUT2D eigenvalue weighted by Gasteiger charge is -2.27. The van der Waals surface area contributed by atoms with Gasteiger partial charge in [0.1, 0.15) is 17.1 Å². The Morgan fingerprint density at radius 3 is 2.72 bits per heavy atom. The zero-order valence-corrected chi connectivity index (χ0v) is 16.5. The highest BCUT2D eigenvalue weighted by molar-refractivity contribution is 5.94. The molecular formula is C21H26N6O2. The number of hydrogen-bond donors (Lipinski definition) is 2. The quantitative estimate of drug-likeness (QED) is 0.627. The summed E-state index contributed by atoms with van der Waals surface area (Å²) in [5.74, 6) is 2.00. The van der Waals surface area contributed by atoms with E-state index in [1.165, 1.54) is 5.56 Å². The lowest BCUT2D eigenvalue weighted by molar-refractivity contribution is 0.122. The van der Waals surface area contributed by atoms with Crippen LogP contribution in [0.2, 0.25) is 0 Å². The molecule has 1 atom stereocenters. The maximum atomic E-state index is 6.37. The molecule has 1 saturated heterocycles. The number of pyridine rings is 1. The van der Waals surface area contributed by atoms with Crippen LogP contribution in [0.5, 0.6) is 5.75 Å². The molecule has 3 N–H and O–H groups in total. The number of nitrogens with zero attached hydrogens (tertiary/aromatic N) is 4. The number of ether oxygens (including phenoxy) is 2. The first-order valence-corrected chi connectivity index (χ1v) is 9.80. The summed E-state index contributed by atoms with van der Waals surface area (Å²) >= 11 is 0. The van der Waals surface area contributed by atoms with Gasteiger partial charge in [-0.05, 0) is 12.0 Å². The smallest absolute Gasteiger partial charge is 0.228 e. The minimum absolute atomic E-state index is 0.0536. The topological polar surface area (TPSA) is 98.4 Å². The van der Waals surface area contributed by atoms with Crippen molar-refractivity contribution < 1.29 is 9.47 Å². The second kappa shape index (κ2) is 9.02. The first kappa shape index (κ1) is 19.4. The Kier molecular flexibility index (Phi) is 6.02. The number of benzene rings is 1. The number of anilines is 2. The molecule has 0 saturated carbocycles. The molecule has 0 amide bonds. The molecule has 4 rings (SSSR count). The SMILES string of the molecule is COc1cncc2nc(N3CCOCC3)nc(NCC(N)Cc3ccccc3)c12. The molecule has 1 aliphatic rings. The summed E-state index contributed by atoms with van der Waals surface area (Å²) in [7, 11) is 1.62. The standard InChI is InChI=1S/C21H26N6O2/c1-28-18-14-23-13-17-19(18)20(26-21(25-17)27-7-9-29-10-8-27)24-12-16(22)11-15-5-3-2-4-6-15/h2-6,13-14,16H,7-12,22H2,1H3,(H,24,25,26). The Hall–Kier alpha value is -2.97. The monoisotopic (exact) mass is 394 g/mol. The van der Waals surface area contributed by atoms with Gasteiger partial charge < -0.3 is 25.4 Å². The van der Waals surface area contributed by atoms with Gasteiger partial charge in [0.25, 0.3) is 0 Å². The largest absolute Gasteiger partial charge is 0.494 e. The van der Waals surface area contributed by atoms with Crippen LogP contribution in [-0.4, -0.2) is 61.0 Å². The molecule has 8 nitrogen and oxygen atoms in total. The lowest BCUT2D eigenvalue weighted by atomic mass is 10.1. The Balaban J connectivity index is 1.60. The number of aromatic nitrogens is 3. The third-order valence-corrected chi connectivity index (χ3v) is 4.95. The third-order valence-electron chi connectivity index (χ3n) is 4.95. The highest BCUT2D eigenvalue weighted by Crippen LogP contribution is 2.31. The van der Waals surface area contributed by atoms with Crippen LogP contribution in [0.15, 0.2) is 42.7 Å². The van der Waals surface area contributed by atoms with Gasteiger partial charge in [0, 0.05) is 25.7 Å². The van der Waals surface area contributed by atoms with Gasteiger partial charge in [-0.2, -0.15) is 4.98 Å². The van der Waals surface area contributed by atoms with Crippen molar-refractivity contribution in [1.29, 1.82) is 0 Å². The Morgan fingerprint density at radius 1 is 1.17 bits per heavy atom. The minimum Gasteiger partial charge on any atom is -0.494 e. The molecule has 3 aromatic rings. The first-order chi connectivity index (χ1) is 14.2. The summed E-state index contributed by atoms with van der Waals surface area (Å²) in [6.07, 6.45) is 4.19. The molecule has 1 fully saturated rings. The fraction of sp³-hybridized carbons (Fsp3) is 0.381. The van der Waals surface area contributed by atoms with Crippen LogP contribution in [0.3, 0.4) is 0 Å². The van der Waals surface area contributed by atoms with E-state index in [9.17, 15) is 0 Å². The summed E-state index contributed by atoms with van der Waals surface area (Å²) in [4.78, 5) is 15.9. The molecule has 29 heavy (non-hydrogen) atoms. The molecule has 2 aromatic heterocycles. The van der Waals surface area contributed by atoms with Crippen molar-refractivity contribution in [3.05, 3.63) is 48.3 Å². The van der Waals surface area contributed by atoms with E-state index in [0.717, 1.165) is 30.4 Å². The molecule has 1 aromatic carbocycles. The molecular weight excluding hydrogens is 368 g/mol. The summed E-state index contributed by atoms with van der Waals surface area (Å²) in [5.41, 5.74) is 8.32. The molecule has 0 radical (unpaired) electrons. The normalized spacial score (nSPS) is 15.3. The van der Waals surface area contributed by atoms with E-state index in [1.807, 2.05) is 18.2 Å². The molecule has 0 bridgehead atoms. The van der Waals surface area contributed by atoms with Crippen LogP contribution < -0.4 is 20.7 Å². The van der Waals surface area contributed by atoms with Gasteiger partial charge in [0.2, 0.25) is 5.95 Å². The summed E-state index contributed by atoms with van der Waals surface area (Å²) in [6.45, 7) is 3.44. The van der Waals surface area contributed by atoms with Crippen molar-refractivity contribution in [2.24, 2.45) is 5.73 Å². The van der Waals surface area contributed by atoms with Crippen LogP contribution in [0.1, 0.15) is 5.56 Å². The fourth-order valence-corrected chi connectivity index (χ4v) is 3.45. The summed E-state index contributed by atoms with van der Waals surface area (Å²) < 4.78 is 11.0. The number of rotatable bonds is 7. The zero-order chi connectivity index (χ0) is 20.1. The molecule has 8 heteroatoms. The van der Waals surface area contributed by atoms with E-state index in [1.54, 1.807) is 19.5 Å². The average molecular weight is 394 g/mol. The number of fused-ring (bicyclic) bond motifs is 1. The maximum Gasteiger partial charge on any atom is 0.228 e. The van der Waals surface area contributed by atoms with E-state index < -0.39 is 0 Å². The van der Waals surface area contributed by atoms with Gasteiger partial charge in [-0.15, -0.1) is 0 Å². The zero-order valence-electron chi connectivity index (χ0n) is 16.5. The highest BCUT2D eigenvalue weighted by atomic mass is 16.5. The third kappa shape index (κ3) is 4.55. The second-order valence-electron chi connectivity index (χ2n) is 7.04. The minimum atomic E-state index is -0.0536. The van der Waals surface area contributed by atoms with Gasteiger partial charge in [0.05, 0.1) is 38.1 Å². The van der Waals surface area contributed by atoms with Gasteiger partial charge in [-0.25, -0.2) is 4.98 Å². The Morgan fingerprint density at radius 2 is 1.97 bits per heavy atom. The van der Waals surface area contributed by atoms with Crippen molar-refractivity contribution >= 4 is 22.7 Å². The first-order valence-electron chi connectivity index (χ1n) is 9.80. The average Bonchev–Trinajstić information content (AvgIpc) is 2.78. The fourth-order valence-electron chi connectivity index (χ4n) is 3.45. The molecule has 3 heterocycles. The van der Waals surface area contributed by atoms with Crippen molar-refractivity contribution in [1.82, 2.24) is 15.0 Å². The highest BCUT2D eigenvalue weighted by Gasteiger charge is 2.19. The summed E-state index contributed by atoms with van der Waals surface area (Å²) in [6, 6.07) is 10.2. The van der Waals surface area contributed by atoms with Crippen molar-refractivity contribution in [2.45, 2.75) is 12.5 Å². The molecule has 0 aliphatic carbocycles. The number of methoxy groups -OCH3 is 1. The molecule has 152 valence electrons. The predicted molar refractivity (Wildman–Crippen MR) is 114 cm³/mol. The van der Waals surface area contributed by atoms with Crippen LogP contribution in [0.25, 0.3) is 10.9 Å². The summed E-state index contributed by atoms with van der Waals surface area (Å²) in [5, 5.41) is 4.23. The number of hydrogen-bond acceptors (Lipinski definition) is 8. The van der Waals surface area contributed by atoms with Crippen LogP contribution in [-0.2, 0) is 11.2 Å². The van der Waals surface area contributed by atoms with Crippen LogP contribution in [0, 0.1) is 0 Å². The van der Waals surface area contributed by atoms with Crippen molar-refractivity contribution in [3.63, 3.8) is 0 Å². The van der Waals surface area contributed by atoms with E-state index in [-0.39, 0.29) is 6.04 Å². The van der Waals surface area contributed by atoms with E-state index >= 15 is 0 Å². The van der Waals surface area contributed by atoms with Crippen LogP contribution in [0.4, 0.5) is 11.8 Å². The predicted octanol–water partition coefficient (Wildman–Crippen LogP) is 1.85. The Labute approximate surface area is 170 Å². The Bertz CT molecular complexity index is 947. The van der Waals surface area contributed by atoms with Gasteiger partial charge in [0.15, 0.2) is 0 Å². The maximum absolute atomic E-state index is 6.37. The van der Waals surface area contributed by atoms with Gasteiger partial charge in [-0.1, -0.05) is 30.3 Å². The molecule has 1 unspecified atom stereocenters.